The molecule has 2 unspecified atom stereocenters. The van der Waals surface area contributed by atoms with Crippen molar-refractivity contribution >= 4 is 0 Å². The number of nitrogens with one attached hydrogen (secondary N) is 1. The van der Waals surface area contributed by atoms with Gasteiger partial charge >= 0.3 is 0 Å². The van der Waals surface area contributed by atoms with Crippen LogP contribution in [0.5, 0.6) is 0 Å². The molecule has 18 heavy (non-hydrogen) atoms. The van der Waals surface area contributed by atoms with Gasteiger partial charge in [0.15, 0.2) is 5.82 Å². The van der Waals surface area contributed by atoms with Gasteiger partial charge in [-0.3, -0.25) is 4.68 Å². The molecule has 0 spiro atoms. The molecule has 1 heterocycles. The molecule has 100 valence electrons. The Labute approximate surface area is 109 Å². The van der Waals surface area contributed by atoms with Crippen LogP contribution in [-0.4, -0.2) is 27.9 Å². The molecule has 1 aromatic heterocycles. The van der Waals surface area contributed by atoms with E-state index in [9.17, 15) is 0 Å². The predicted molar refractivity (Wildman–Crippen MR) is 73.2 cm³/mol. The highest BCUT2D eigenvalue weighted by Gasteiger charge is 2.17. The summed E-state index contributed by atoms with van der Waals surface area (Å²) in [7, 11) is 1.91. The summed E-state index contributed by atoms with van der Waals surface area (Å²) in [6.45, 7) is 6.65. The van der Waals surface area contributed by atoms with Crippen molar-refractivity contribution in [2.45, 2.75) is 33.1 Å². The van der Waals surface area contributed by atoms with Crippen LogP contribution < -0.4 is 5.32 Å². The van der Waals surface area contributed by atoms with E-state index >= 15 is 0 Å². The second-order valence-corrected chi connectivity index (χ2v) is 5.58. The van der Waals surface area contributed by atoms with E-state index < -0.39 is 0 Å². The molecule has 4 heteroatoms. The van der Waals surface area contributed by atoms with Crippen LogP contribution in [0.25, 0.3) is 0 Å². The first-order chi connectivity index (χ1) is 8.63. The van der Waals surface area contributed by atoms with E-state index in [4.69, 9.17) is 0 Å². The third-order valence-electron chi connectivity index (χ3n) is 3.49. The van der Waals surface area contributed by atoms with Gasteiger partial charge in [-0.15, -0.1) is 0 Å². The molecular formula is C14H24N4. The van der Waals surface area contributed by atoms with Gasteiger partial charge in [0.1, 0.15) is 6.33 Å². The van der Waals surface area contributed by atoms with Gasteiger partial charge in [0.05, 0.1) is 0 Å². The SMILES string of the molecule is CC1=CC(C)CC(CNCCc2ncn(C)n2)C1. The summed E-state index contributed by atoms with van der Waals surface area (Å²) in [5.41, 5.74) is 1.55. The largest absolute Gasteiger partial charge is 0.316 e. The fraction of sp³-hybridized carbons (Fsp3) is 0.714. The molecule has 0 fully saturated rings. The maximum Gasteiger partial charge on any atom is 0.151 e. The molecule has 0 saturated heterocycles. The van der Waals surface area contributed by atoms with E-state index in [0.29, 0.717) is 0 Å². The van der Waals surface area contributed by atoms with Crippen molar-refractivity contribution in [3.8, 4) is 0 Å². The van der Waals surface area contributed by atoms with Gasteiger partial charge < -0.3 is 5.32 Å². The van der Waals surface area contributed by atoms with Crippen molar-refractivity contribution < 1.29 is 0 Å². The topological polar surface area (TPSA) is 42.7 Å². The van der Waals surface area contributed by atoms with E-state index in [1.807, 2.05) is 7.05 Å². The molecule has 0 amide bonds. The molecule has 0 radical (unpaired) electrons. The zero-order valence-electron chi connectivity index (χ0n) is 11.7. The molecule has 4 nitrogen and oxygen atoms in total. The average Bonchev–Trinajstić information content (AvgIpc) is 2.69. The molecule has 1 aliphatic rings. The number of hydrogen-bond donors (Lipinski definition) is 1. The predicted octanol–water partition coefficient (Wildman–Crippen LogP) is 1.94. The Morgan fingerprint density at radius 2 is 2.33 bits per heavy atom. The lowest BCUT2D eigenvalue weighted by Crippen LogP contribution is -2.27. The van der Waals surface area contributed by atoms with Crippen LogP contribution in [0.2, 0.25) is 0 Å². The average molecular weight is 248 g/mol. The summed E-state index contributed by atoms with van der Waals surface area (Å²) in [5.74, 6) is 2.46. The molecular weight excluding hydrogens is 224 g/mol. The Morgan fingerprint density at radius 3 is 3.00 bits per heavy atom. The minimum absolute atomic E-state index is 0.739. The normalized spacial score (nSPS) is 24.1. The summed E-state index contributed by atoms with van der Waals surface area (Å²) < 4.78 is 1.76. The van der Waals surface area contributed by atoms with Gasteiger partial charge in [0.2, 0.25) is 0 Å². The third-order valence-corrected chi connectivity index (χ3v) is 3.49. The maximum atomic E-state index is 4.28. The molecule has 1 N–H and O–H groups in total. The maximum absolute atomic E-state index is 4.28. The van der Waals surface area contributed by atoms with Gasteiger partial charge in [-0.05, 0) is 38.1 Å². The van der Waals surface area contributed by atoms with Crippen LogP contribution in [0, 0.1) is 11.8 Å². The summed E-state index contributed by atoms with van der Waals surface area (Å²) in [4.78, 5) is 4.23. The summed E-state index contributed by atoms with van der Waals surface area (Å²) in [6, 6.07) is 0. The van der Waals surface area contributed by atoms with E-state index in [1.165, 1.54) is 12.8 Å². The summed E-state index contributed by atoms with van der Waals surface area (Å²) in [5, 5.41) is 7.81. The van der Waals surface area contributed by atoms with Gasteiger partial charge in [0, 0.05) is 20.0 Å². The molecule has 0 bridgehead atoms. The molecule has 1 aromatic rings. The fourth-order valence-corrected chi connectivity index (χ4v) is 2.85. The smallest absolute Gasteiger partial charge is 0.151 e. The second-order valence-electron chi connectivity index (χ2n) is 5.58. The Kier molecular flexibility index (Phi) is 4.53. The summed E-state index contributed by atoms with van der Waals surface area (Å²) in [6.07, 6.45) is 7.64. The fourth-order valence-electron chi connectivity index (χ4n) is 2.85. The van der Waals surface area contributed by atoms with Crippen LogP contribution in [-0.2, 0) is 13.5 Å². The van der Waals surface area contributed by atoms with E-state index in [0.717, 1.165) is 37.2 Å². The third kappa shape index (κ3) is 3.95. The molecule has 0 saturated carbocycles. The van der Waals surface area contributed by atoms with Crippen LogP contribution >= 0.6 is 0 Å². The molecule has 0 aliphatic heterocycles. The quantitative estimate of drug-likeness (QED) is 0.639. The number of allylic oxidation sites excluding steroid dienone is 2. The number of nitrogens with zero attached hydrogens (tertiary/aromatic N) is 3. The number of aryl methyl sites for hydroxylation is 1. The highest BCUT2D eigenvalue weighted by atomic mass is 15.3. The lowest BCUT2D eigenvalue weighted by atomic mass is 9.84. The van der Waals surface area contributed by atoms with Crippen LogP contribution in [0.15, 0.2) is 18.0 Å². The Hall–Kier alpha value is -1.16. The Balaban J connectivity index is 1.65. The van der Waals surface area contributed by atoms with E-state index in [-0.39, 0.29) is 0 Å². The van der Waals surface area contributed by atoms with Gasteiger partial charge in [-0.25, -0.2) is 4.98 Å². The first kappa shape index (κ1) is 13.3. The molecule has 0 aromatic carbocycles. The van der Waals surface area contributed by atoms with Crippen molar-refractivity contribution in [3.63, 3.8) is 0 Å². The number of rotatable bonds is 5. The van der Waals surface area contributed by atoms with Crippen molar-refractivity contribution in [2.75, 3.05) is 13.1 Å². The minimum atomic E-state index is 0.739. The zero-order chi connectivity index (χ0) is 13.0. The van der Waals surface area contributed by atoms with Crippen molar-refractivity contribution in [1.82, 2.24) is 20.1 Å². The lowest BCUT2D eigenvalue weighted by Gasteiger charge is -2.25. The molecule has 2 rings (SSSR count). The van der Waals surface area contributed by atoms with Crippen LogP contribution in [0.1, 0.15) is 32.5 Å². The zero-order valence-corrected chi connectivity index (χ0v) is 11.7. The number of aromatic nitrogens is 3. The van der Waals surface area contributed by atoms with Crippen LogP contribution in [0.4, 0.5) is 0 Å². The monoisotopic (exact) mass is 248 g/mol. The van der Waals surface area contributed by atoms with E-state index in [1.54, 1.807) is 16.6 Å². The molecule has 2 atom stereocenters. The Morgan fingerprint density at radius 1 is 1.50 bits per heavy atom. The molecule has 1 aliphatic carbocycles. The van der Waals surface area contributed by atoms with Crippen LogP contribution in [0.3, 0.4) is 0 Å². The first-order valence-electron chi connectivity index (χ1n) is 6.86. The second kappa shape index (κ2) is 6.14. The van der Waals surface area contributed by atoms with Crippen molar-refractivity contribution in [1.29, 1.82) is 0 Å². The van der Waals surface area contributed by atoms with E-state index in [2.05, 4.69) is 35.3 Å². The standard InChI is InChI=1S/C14H24N4/c1-11-6-12(2)8-13(7-11)9-15-5-4-14-16-10-18(3)17-14/h6,10-11,13,15H,4-5,7-9H2,1-3H3. The number of hydrogen-bond acceptors (Lipinski definition) is 3. The minimum Gasteiger partial charge on any atom is -0.316 e. The lowest BCUT2D eigenvalue weighted by molar-refractivity contribution is 0.382. The first-order valence-corrected chi connectivity index (χ1v) is 6.86. The van der Waals surface area contributed by atoms with Gasteiger partial charge in [-0.1, -0.05) is 18.6 Å². The highest BCUT2D eigenvalue weighted by Crippen LogP contribution is 2.27. The Bertz CT molecular complexity index is 408. The van der Waals surface area contributed by atoms with Gasteiger partial charge in [-0.2, -0.15) is 5.10 Å². The highest BCUT2D eigenvalue weighted by molar-refractivity contribution is 5.06. The van der Waals surface area contributed by atoms with Gasteiger partial charge in [0.25, 0.3) is 0 Å². The van der Waals surface area contributed by atoms with Crippen molar-refractivity contribution in [2.24, 2.45) is 18.9 Å². The van der Waals surface area contributed by atoms with Crippen molar-refractivity contribution in [3.05, 3.63) is 23.8 Å². The summed E-state index contributed by atoms with van der Waals surface area (Å²) >= 11 is 0.